The van der Waals surface area contributed by atoms with Gasteiger partial charge in [0, 0.05) is 11.3 Å². The number of anilines is 2. The second-order valence-corrected chi connectivity index (χ2v) is 8.83. The molecule has 2 N–H and O–H groups in total. The van der Waals surface area contributed by atoms with E-state index < -0.39 is 5.66 Å². The lowest BCUT2D eigenvalue weighted by Crippen LogP contribution is -2.64. The second-order valence-electron chi connectivity index (χ2n) is 8.83. The highest BCUT2D eigenvalue weighted by molar-refractivity contribution is 6.00. The summed E-state index contributed by atoms with van der Waals surface area (Å²) < 4.78 is 0. The molecule has 2 heterocycles. The van der Waals surface area contributed by atoms with Crippen molar-refractivity contribution in [3.8, 4) is 0 Å². The summed E-state index contributed by atoms with van der Waals surface area (Å²) in [4.78, 5) is 13.3. The number of hydrogen-bond donors (Lipinski definition) is 2. The first-order valence-electron chi connectivity index (χ1n) is 11.2. The van der Waals surface area contributed by atoms with Crippen molar-refractivity contribution in [2.45, 2.75) is 31.3 Å². The number of carbonyl (C=O) groups is 1. The molecule has 4 nitrogen and oxygen atoms in total. The van der Waals surface area contributed by atoms with E-state index in [1.165, 1.54) is 21.9 Å². The van der Waals surface area contributed by atoms with E-state index in [0.717, 1.165) is 17.8 Å². The summed E-state index contributed by atoms with van der Waals surface area (Å²) in [6, 6.07) is 30.8. The standard InChI is InChI=1S/C28H25N3O/c1-3-28-27(2,22-15-9-10-16-23(22)29-28)25-21-14-8-7-11-19(21)17-18-24(25)31(28)30-26(32)20-12-5-4-6-13-20/h4-18,29H,3H2,1-2H3,(H,30,32)/t27-,28+/m0/s1. The molecule has 6 rings (SSSR count). The Bertz CT molecular complexity index is 1370. The van der Waals surface area contributed by atoms with Gasteiger partial charge in [0.15, 0.2) is 0 Å². The van der Waals surface area contributed by atoms with Crippen molar-refractivity contribution in [2.75, 3.05) is 10.3 Å². The van der Waals surface area contributed by atoms with Crippen molar-refractivity contribution in [3.63, 3.8) is 0 Å². The molecule has 4 heteroatoms. The Kier molecular flexibility index (Phi) is 3.91. The van der Waals surface area contributed by atoms with Crippen molar-refractivity contribution in [1.29, 1.82) is 0 Å². The van der Waals surface area contributed by atoms with E-state index in [2.05, 4.69) is 90.3 Å². The predicted octanol–water partition coefficient (Wildman–Crippen LogP) is 5.84. The molecule has 0 unspecified atom stereocenters. The average molecular weight is 420 g/mol. The quantitative estimate of drug-likeness (QED) is 0.438. The lowest BCUT2D eigenvalue weighted by atomic mass is 9.69. The number of carbonyl (C=O) groups excluding carboxylic acids is 1. The summed E-state index contributed by atoms with van der Waals surface area (Å²) in [5, 5.41) is 8.35. The molecule has 0 spiro atoms. The van der Waals surface area contributed by atoms with Crippen LogP contribution in [-0.2, 0) is 5.41 Å². The maximum atomic E-state index is 13.3. The molecule has 0 saturated heterocycles. The van der Waals surface area contributed by atoms with Crippen LogP contribution in [0.15, 0.2) is 91.0 Å². The van der Waals surface area contributed by atoms with Crippen LogP contribution in [-0.4, -0.2) is 11.6 Å². The normalized spacial score (nSPS) is 22.8. The van der Waals surface area contributed by atoms with Crippen molar-refractivity contribution < 1.29 is 4.79 Å². The Labute approximate surface area is 187 Å². The van der Waals surface area contributed by atoms with Crippen LogP contribution >= 0.6 is 0 Å². The minimum atomic E-state index is -0.520. The molecule has 0 aromatic heterocycles. The van der Waals surface area contributed by atoms with E-state index in [1.54, 1.807) is 0 Å². The highest BCUT2D eigenvalue weighted by Gasteiger charge is 2.64. The van der Waals surface area contributed by atoms with Gasteiger partial charge in [0.05, 0.1) is 11.1 Å². The minimum absolute atomic E-state index is 0.112. The van der Waals surface area contributed by atoms with Gasteiger partial charge in [0.1, 0.15) is 5.66 Å². The first-order valence-corrected chi connectivity index (χ1v) is 11.2. The lowest BCUT2D eigenvalue weighted by Gasteiger charge is -2.44. The van der Waals surface area contributed by atoms with Crippen molar-refractivity contribution >= 4 is 28.1 Å². The fraction of sp³-hybridized carbons (Fsp3) is 0.179. The van der Waals surface area contributed by atoms with Crippen LogP contribution in [0.2, 0.25) is 0 Å². The maximum absolute atomic E-state index is 13.3. The fourth-order valence-electron chi connectivity index (χ4n) is 5.91. The Morgan fingerprint density at radius 1 is 0.906 bits per heavy atom. The van der Waals surface area contributed by atoms with E-state index in [1.807, 2.05) is 30.3 Å². The van der Waals surface area contributed by atoms with E-state index in [-0.39, 0.29) is 11.3 Å². The van der Waals surface area contributed by atoms with E-state index >= 15 is 0 Å². The van der Waals surface area contributed by atoms with Crippen LogP contribution in [0, 0.1) is 0 Å². The third kappa shape index (κ3) is 2.24. The molecule has 0 aliphatic carbocycles. The number of hydrogen-bond acceptors (Lipinski definition) is 3. The molecule has 32 heavy (non-hydrogen) atoms. The largest absolute Gasteiger partial charge is 0.360 e. The molecule has 1 amide bonds. The lowest BCUT2D eigenvalue weighted by molar-refractivity contribution is 0.0933. The number of rotatable bonds is 3. The van der Waals surface area contributed by atoms with E-state index in [0.29, 0.717) is 5.56 Å². The van der Waals surface area contributed by atoms with Gasteiger partial charge in [-0.3, -0.25) is 15.2 Å². The van der Waals surface area contributed by atoms with Gasteiger partial charge in [0.25, 0.3) is 5.91 Å². The van der Waals surface area contributed by atoms with Crippen molar-refractivity contribution in [1.82, 2.24) is 5.43 Å². The van der Waals surface area contributed by atoms with Gasteiger partial charge < -0.3 is 5.32 Å². The van der Waals surface area contributed by atoms with Gasteiger partial charge in [0.2, 0.25) is 0 Å². The maximum Gasteiger partial charge on any atom is 0.269 e. The summed E-state index contributed by atoms with van der Waals surface area (Å²) >= 11 is 0. The molecule has 2 aliphatic heterocycles. The first-order chi connectivity index (χ1) is 15.6. The number of fused-ring (bicyclic) bond motifs is 7. The van der Waals surface area contributed by atoms with E-state index in [9.17, 15) is 4.79 Å². The van der Waals surface area contributed by atoms with Gasteiger partial charge >= 0.3 is 0 Å². The Morgan fingerprint density at radius 2 is 1.62 bits per heavy atom. The van der Waals surface area contributed by atoms with Gasteiger partial charge in [-0.1, -0.05) is 73.7 Å². The molecule has 2 atom stereocenters. The summed E-state index contributed by atoms with van der Waals surface area (Å²) in [7, 11) is 0. The van der Waals surface area contributed by atoms with Crippen molar-refractivity contribution in [2.24, 2.45) is 0 Å². The number of nitrogens with one attached hydrogen (secondary N) is 2. The number of hydrazine groups is 1. The third-order valence-electron chi connectivity index (χ3n) is 7.43. The van der Waals surface area contributed by atoms with Crippen LogP contribution in [0.1, 0.15) is 41.8 Å². The molecule has 158 valence electrons. The molecule has 0 bridgehead atoms. The summed E-state index contributed by atoms with van der Waals surface area (Å²) in [6.07, 6.45) is 0.802. The highest BCUT2D eigenvalue weighted by Crippen LogP contribution is 2.62. The average Bonchev–Trinajstić information content (AvgIpc) is 3.22. The molecule has 4 aromatic carbocycles. The van der Waals surface area contributed by atoms with Gasteiger partial charge in [-0.25, -0.2) is 0 Å². The number of nitrogens with zero attached hydrogens (tertiary/aromatic N) is 1. The Hall–Kier alpha value is -3.79. The second kappa shape index (κ2) is 6.60. The van der Waals surface area contributed by atoms with Crippen LogP contribution in [0.3, 0.4) is 0 Å². The Balaban J connectivity index is 1.62. The third-order valence-corrected chi connectivity index (χ3v) is 7.43. The number of benzene rings is 4. The van der Waals surface area contributed by atoms with Crippen LogP contribution in [0.25, 0.3) is 10.8 Å². The van der Waals surface area contributed by atoms with Crippen LogP contribution in [0.4, 0.5) is 11.4 Å². The number of amides is 1. The van der Waals surface area contributed by atoms with Crippen LogP contribution < -0.4 is 15.8 Å². The minimum Gasteiger partial charge on any atom is -0.360 e. The SMILES string of the molecule is CC[C@]12Nc3ccccc3[C@@]1(C)c1c(ccc3ccccc13)N2NC(=O)c1ccccc1. The summed E-state index contributed by atoms with van der Waals surface area (Å²) in [5.74, 6) is -0.112. The van der Waals surface area contributed by atoms with E-state index in [4.69, 9.17) is 0 Å². The monoisotopic (exact) mass is 419 g/mol. The topological polar surface area (TPSA) is 44.4 Å². The van der Waals surface area contributed by atoms with Crippen LogP contribution in [0.5, 0.6) is 0 Å². The molecule has 4 aromatic rings. The first kappa shape index (κ1) is 18.9. The van der Waals surface area contributed by atoms with Gasteiger partial charge in [-0.2, -0.15) is 0 Å². The number of para-hydroxylation sites is 1. The molecule has 0 radical (unpaired) electrons. The highest BCUT2D eigenvalue weighted by atomic mass is 16.2. The molecule has 0 saturated carbocycles. The summed E-state index contributed by atoms with van der Waals surface area (Å²) in [6.45, 7) is 4.50. The summed E-state index contributed by atoms with van der Waals surface area (Å²) in [5.41, 5.74) is 7.72. The fourth-order valence-corrected chi connectivity index (χ4v) is 5.91. The zero-order chi connectivity index (χ0) is 21.9. The molecular weight excluding hydrogens is 394 g/mol. The van der Waals surface area contributed by atoms with Crippen molar-refractivity contribution in [3.05, 3.63) is 108 Å². The zero-order valence-electron chi connectivity index (χ0n) is 18.2. The Morgan fingerprint density at radius 3 is 2.44 bits per heavy atom. The molecule has 2 aliphatic rings. The smallest absolute Gasteiger partial charge is 0.269 e. The predicted molar refractivity (Wildman–Crippen MR) is 130 cm³/mol. The molecule has 0 fully saturated rings. The molecular formula is C28H25N3O. The van der Waals surface area contributed by atoms with Gasteiger partial charge in [-0.15, -0.1) is 0 Å². The zero-order valence-corrected chi connectivity index (χ0v) is 18.2. The van der Waals surface area contributed by atoms with Gasteiger partial charge in [-0.05, 0) is 59.5 Å².